The third-order valence-electron chi connectivity index (χ3n) is 5.86. The number of benzene rings is 2. The van der Waals surface area contributed by atoms with Crippen LogP contribution in [0.2, 0.25) is 0 Å². The average Bonchev–Trinajstić information content (AvgIpc) is 2.78. The summed E-state index contributed by atoms with van der Waals surface area (Å²) in [5.74, 6) is -0.630. The van der Waals surface area contributed by atoms with E-state index in [0.29, 0.717) is 18.4 Å². The van der Waals surface area contributed by atoms with Crippen LogP contribution in [-0.4, -0.2) is 47.9 Å². The maximum absolute atomic E-state index is 13.1. The highest BCUT2D eigenvalue weighted by molar-refractivity contribution is 5.98. The summed E-state index contributed by atoms with van der Waals surface area (Å²) in [6, 6.07) is 12.1. The first-order valence-corrected chi connectivity index (χ1v) is 9.94. The lowest BCUT2D eigenvalue weighted by Gasteiger charge is -2.34. The largest absolute Gasteiger partial charge is 0.507 e. The van der Waals surface area contributed by atoms with Gasteiger partial charge in [0, 0.05) is 18.7 Å². The van der Waals surface area contributed by atoms with Gasteiger partial charge >= 0.3 is 5.97 Å². The van der Waals surface area contributed by atoms with Crippen molar-refractivity contribution < 1.29 is 19.4 Å². The van der Waals surface area contributed by atoms with Crippen molar-refractivity contribution in [2.75, 3.05) is 14.2 Å². The minimum atomic E-state index is -0.253. The molecular formula is C23H27N3O4. The third-order valence-corrected chi connectivity index (χ3v) is 5.86. The van der Waals surface area contributed by atoms with Crippen molar-refractivity contribution in [3.05, 3.63) is 53.6 Å². The van der Waals surface area contributed by atoms with E-state index < -0.39 is 0 Å². The fourth-order valence-corrected chi connectivity index (χ4v) is 3.95. The Hall–Kier alpha value is -3.35. The van der Waals surface area contributed by atoms with E-state index in [4.69, 9.17) is 15.9 Å². The maximum Gasteiger partial charge on any atom is 0.308 e. The van der Waals surface area contributed by atoms with Crippen LogP contribution in [0.25, 0.3) is 11.1 Å². The van der Waals surface area contributed by atoms with Gasteiger partial charge in [0.25, 0.3) is 5.91 Å². The molecule has 2 aromatic rings. The summed E-state index contributed by atoms with van der Waals surface area (Å²) < 4.78 is 4.82. The number of amides is 1. The number of hydrogen-bond acceptors (Lipinski definition) is 5. The van der Waals surface area contributed by atoms with Crippen molar-refractivity contribution >= 4 is 17.7 Å². The lowest BCUT2D eigenvalue weighted by molar-refractivity contribution is -0.146. The van der Waals surface area contributed by atoms with E-state index in [2.05, 4.69) is 0 Å². The quantitative estimate of drug-likeness (QED) is 0.398. The molecule has 0 radical (unpaired) electrons. The SMILES string of the molecule is COC(=O)C1CCC(N(C)C(=O)c2cc(-c3ccc(C(=N)N)cc3)ccc2O)CC1. The first-order valence-electron chi connectivity index (χ1n) is 9.94. The molecule has 4 N–H and O–H groups in total. The zero-order valence-corrected chi connectivity index (χ0v) is 17.2. The highest BCUT2D eigenvalue weighted by atomic mass is 16.5. The molecule has 0 saturated heterocycles. The molecule has 7 nitrogen and oxygen atoms in total. The van der Waals surface area contributed by atoms with Crippen LogP contribution in [-0.2, 0) is 9.53 Å². The number of nitrogens with two attached hydrogens (primary N) is 1. The summed E-state index contributed by atoms with van der Waals surface area (Å²) in [5.41, 5.74) is 8.00. The predicted molar refractivity (Wildman–Crippen MR) is 114 cm³/mol. The minimum Gasteiger partial charge on any atom is -0.507 e. The molecule has 30 heavy (non-hydrogen) atoms. The Labute approximate surface area is 176 Å². The lowest BCUT2D eigenvalue weighted by atomic mass is 9.85. The van der Waals surface area contributed by atoms with Gasteiger partial charge in [-0.3, -0.25) is 15.0 Å². The van der Waals surface area contributed by atoms with Gasteiger partial charge in [-0.25, -0.2) is 0 Å². The van der Waals surface area contributed by atoms with Gasteiger partial charge < -0.3 is 20.5 Å². The zero-order chi connectivity index (χ0) is 21.8. The van der Waals surface area contributed by atoms with Gasteiger partial charge in [0.15, 0.2) is 0 Å². The number of aromatic hydroxyl groups is 1. The van der Waals surface area contributed by atoms with Crippen molar-refractivity contribution in [1.29, 1.82) is 5.41 Å². The molecular weight excluding hydrogens is 382 g/mol. The van der Waals surface area contributed by atoms with Gasteiger partial charge in [0.2, 0.25) is 0 Å². The first-order chi connectivity index (χ1) is 14.3. The molecule has 1 saturated carbocycles. The Kier molecular flexibility index (Phi) is 6.40. The van der Waals surface area contributed by atoms with Crippen LogP contribution in [0, 0.1) is 11.3 Å². The smallest absolute Gasteiger partial charge is 0.308 e. The van der Waals surface area contributed by atoms with Crippen molar-refractivity contribution in [3.63, 3.8) is 0 Å². The second-order valence-corrected chi connectivity index (χ2v) is 7.67. The number of esters is 1. The summed E-state index contributed by atoms with van der Waals surface area (Å²) in [7, 11) is 3.13. The second-order valence-electron chi connectivity index (χ2n) is 7.67. The molecule has 0 bridgehead atoms. The van der Waals surface area contributed by atoms with E-state index in [9.17, 15) is 14.7 Å². The summed E-state index contributed by atoms with van der Waals surface area (Å²) in [4.78, 5) is 26.5. The number of phenolic OH excluding ortho intramolecular Hbond substituents is 1. The van der Waals surface area contributed by atoms with Crippen LogP contribution in [0.3, 0.4) is 0 Å². The van der Waals surface area contributed by atoms with E-state index in [0.717, 1.165) is 24.0 Å². The summed E-state index contributed by atoms with van der Waals surface area (Å²) >= 11 is 0. The van der Waals surface area contributed by atoms with Crippen molar-refractivity contribution in [2.24, 2.45) is 11.7 Å². The number of carbonyl (C=O) groups is 2. The van der Waals surface area contributed by atoms with Gasteiger partial charge in [-0.1, -0.05) is 30.3 Å². The highest BCUT2D eigenvalue weighted by Crippen LogP contribution is 2.31. The fraction of sp³-hybridized carbons (Fsp3) is 0.348. The van der Waals surface area contributed by atoms with E-state index in [1.807, 2.05) is 12.1 Å². The Morgan fingerprint density at radius 1 is 1.07 bits per heavy atom. The number of amidine groups is 1. The second kappa shape index (κ2) is 8.98. The number of carbonyl (C=O) groups excluding carboxylic acids is 2. The number of rotatable bonds is 5. The molecule has 0 atom stereocenters. The molecule has 0 heterocycles. The Morgan fingerprint density at radius 3 is 2.23 bits per heavy atom. The molecule has 7 heteroatoms. The normalized spacial score (nSPS) is 18.5. The monoisotopic (exact) mass is 409 g/mol. The molecule has 0 unspecified atom stereocenters. The van der Waals surface area contributed by atoms with Crippen molar-refractivity contribution in [2.45, 2.75) is 31.7 Å². The molecule has 1 aliphatic rings. The average molecular weight is 409 g/mol. The molecule has 1 fully saturated rings. The van der Waals surface area contributed by atoms with Gasteiger partial charge in [0.05, 0.1) is 18.6 Å². The van der Waals surface area contributed by atoms with Crippen LogP contribution in [0.15, 0.2) is 42.5 Å². The minimum absolute atomic E-state index is 0.00771. The molecule has 1 amide bonds. The standard InChI is InChI=1S/C23H27N3O4/c1-26(18-10-7-16(8-11-18)23(29)30-2)22(28)19-13-17(9-12-20(19)27)14-3-5-15(6-4-14)21(24)25/h3-6,9,12-13,16,18,27H,7-8,10-11H2,1-2H3,(H3,24,25). The van der Waals surface area contributed by atoms with Crippen LogP contribution in [0.4, 0.5) is 0 Å². The zero-order valence-electron chi connectivity index (χ0n) is 17.2. The molecule has 1 aliphatic carbocycles. The van der Waals surface area contributed by atoms with Crippen LogP contribution >= 0.6 is 0 Å². The molecule has 2 aromatic carbocycles. The van der Waals surface area contributed by atoms with Gasteiger partial charge in [-0.05, 0) is 48.9 Å². The van der Waals surface area contributed by atoms with Crippen molar-refractivity contribution in [3.8, 4) is 16.9 Å². The Bertz CT molecular complexity index is 947. The number of methoxy groups -OCH3 is 1. The maximum atomic E-state index is 13.1. The number of ether oxygens (including phenoxy) is 1. The van der Waals surface area contributed by atoms with Crippen LogP contribution in [0.1, 0.15) is 41.6 Å². The molecule has 0 aliphatic heterocycles. The molecule has 0 aromatic heterocycles. The van der Waals surface area contributed by atoms with Gasteiger partial charge in [-0.2, -0.15) is 0 Å². The summed E-state index contributed by atoms with van der Waals surface area (Å²) in [6.45, 7) is 0. The Morgan fingerprint density at radius 2 is 1.67 bits per heavy atom. The highest BCUT2D eigenvalue weighted by Gasteiger charge is 2.31. The van der Waals surface area contributed by atoms with Gasteiger partial charge in [-0.15, -0.1) is 0 Å². The van der Waals surface area contributed by atoms with E-state index in [1.54, 1.807) is 36.2 Å². The first kappa shape index (κ1) is 21.4. The van der Waals surface area contributed by atoms with E-state index in [-0.39, 0.29) is 41.0 Å². The van der Waals surface area contributed by atoms with E-state index >= 15 is 0 Å². The number of nitrogens with zero attached hydrogens (tertiary/aromatic N) is 1. The molecule has 0 spiro atoms. The topological polar surface area (TPSA) is 117 Å². The number of hydrogen-bond donors (Lipinski definition) is 3. The van der Waals surface area contributed by atoms with E-state index in [1.165, 1.54) is 13.2 Å². The number of nitrogens with one attached hydrogen (secondary N) is 1. The number of nitrogen functional groups attached to an aromatic ring is 1. The number of phenols is 1. The third kappa shape index (κ3) is 4.45. The summed E-state index contributed by atoms with van der Waals surface area (Å²) in [6.07, 6.45) is 2.80. The fourth-order valence-electron chi connectivity index (χ4n) is 3.95. The van der Waals surface area contributed by atoms with Crippen LogP contribution < -0.4 is 5.73 Å². The summed E-state index contributed by atoms with van der Waals surface area (Å²) in [5, 5.41) is 17.8. The van der Waals surface area contributed by atoms with Crippen molar-refractivity contribution in [1.82, 2.24) is 4.90 Å². The predicted octanol–water partition coefficient (Wildman–Crippen LogP) is 3.15. The lowest BCUT2D eigenvalue weighted by Crippen LogP contribution is -2.40. The molecule has 3 rings (SSSR count). The molecule has 158 valence electrons. The van der Waals surface area contributed by atoms with Crippen LogP contribution in [0.5, 0.6) is 5.75 Å². The Balaban J connectivity index is 1.76. The van der Waals surface area contributed by atoms with Gasteiger partial charge in [0.1, 0.15) is 11.6 Å².